The lowest BCUT2D eigenvalue weighted by atomic mass is 10.3. The molecule has 0 aliphatic rings. The Morgan fingerprint density at radius 1 is 1.58 bits per heavy atom. The molecule has 0 saturated heterocycles. The average Bonchev–Trinajstić information content (AvgIpc) is 2.56. The fourth-order valence-corrected chi connectivity index (χ4v) is 1.66. The van der Waals surface area contributed by atoms with Crippen LogP contribution in [-0.2, 0) is 9.53 Å². The fourth-order valence-electron chi connectivity index (χ4n) is 0.944. The Morgan fingerprint density at radius 3 is 2.83 bits per heavy atom. The van der Waals surface area contributed by atoms with Gasteiger partial charge in [-0.2, -0.15) is 0 Å². The summed E-state index contributed by atoms with van der Waals surface area (Å²) >= 11 is 1.64. The van der Waals surface area contributed by atoms with E-state index in [4.69, 9.17) is 4.74 Å². The summed E-state index contributed by atoms with van der Waals surface area (Å²) in [7, 11) is 0. The maximum absolute atomic E-state index is 10.3. The van der Waals surface area contributed by atoms with Gasteiger partial charge in [0.15, 0.2) is 0 Å². The molecule has 0 N–H and O–H groups in total. The van der Waals surface area contributed by atoms with Crippen LogP contribution in [0.3, 0.4) is 0 Å². The minimum Gasteiger partial charge on any atom is -0.363 e. The van der Waals surface area contributed by atoms with Crippen molar-refractivity contribution in [3.63, 3.8) is 0 Å². The number of hydrogen-bond donors (Lipinski definition) is 0. The second-order valence-electron chi connectivity index (χ2n) is 2.63. The van der Waals surface area contributed by atoms with Gasteiger partial charge in [-0.25, -0.2) is 0 Å². The van der Waals surface area contributed by atoms with Gasteiger partial charge in [-0.1, -0.05) is 6.07 Å². The molecule has 0 aliphatic carbocycles. The van der Waals surface area contributed by atoms with E-state index < -0.39 is 0 Å². The van der Waals surface area contributed by atoms with E-state index in [0.29, 0.717) is 0 Å². The SMILES string of the molecule is CC(C=O)OC(C)c1cccs1. The zero-order chi connectivity index (χ0) is 8.97. The summed E-state index contributed by atoms with van der Waals surface area (Å²) in [6.07, 6.45) is 0.511. The third kappa shape index (κ3) is 2.43. The molecule has 66 valence electrons. The molecule has 0 radical (unpaired) electrons. The second kappa shape index (κ2) is 4.38. The van der Waals surface area contributed by atoms with Crippen LogP contribution < -0.4 is 0 Å². The van der Waals surface area contributed by atoms with Crippen molar-refractivity contribution in [2.75, 3.05) is 0 Å². The quantitative estimate of drug-likeness (QED) is 0.672. The Hall–Kier alpha value is -0.670. The minimum absolute atomic E-state index is 0.0187. The van der Waals surface area contributed by atoms with Gasteiger partial charge in [-0.3, -0.25) is 0 Å². The Morgan fingerprint density at radius 2 is 2.33 bits per heavy atom. The molecule has 3 heteroatoms. The van der Waals surface area contributed by atoms with Crippen molar-refractivity contribution in [1.82, 2.24) is 0 Å². The molecule has 0 amide bonds. The van der Waals surface area contributed by atoms with E-state index in [2.05, 4.69) is 0 Å². The van der Waals surface area contributed by atoms with Crippen LogP contribution in [0.25, 0.3) is 0 Å². The van der Waals surface area contributed by atoms with Gasteiger partial charge in [-0.15, -0.1) is 11.3 Å². The number of carbonyl (C=O) groups is 1. The molecule has 2 atom stereocenters. The van der Waals surface area contributed by atoms with Crippen molar-refractivity contribution in [3.05, 3.63) is 22.4 Å². The van der Waals surface area contributed by atoms with Gasteiger partial charge < -0.3 is 9.53 Å². The monoisotopic (exact) mass is 184 g/mol. The molecule has 12 heavy (non-hydrogen) atoms. The third-order valence-electron chi connectivity index (χ3n) is 1.55. The van der Waals surface area contributed by atoms with E-state index in [9.17, 15) is 4.79 Å². The van der Waals surface area contributed by atoms with Crippen LogP contribution in [-0.4, -0.2) is 12.4 Å². The van der Waals surface area contributed by atoms with E-state index in [-0.39, 0.29) is 12.2 Å². The van der Waals surface area contributed by atoms with Crippen molar-refractivity contribution in [3.8, 4) is 0 Å². The Bertz CT molecular complexity index is 231. The second-order valence-corrected chi connectivity index (χ2v) is 3.61. The van der Waals surface area contributed by atoms with Gasteiger partial charge in [0.2, 0.25) is 0 Å². The van der Waals surface area contributed by atoms with E-state index >= 15 is 0 Å². The number of carbonyl (C=O) groups excluding carboxylic acids is 1. The molecule has 1 heterocycles. The van der Waals surface area contributed by atoms with Crippen LogP contribution in [0.15, 0.2) is 17.5 Å². The van der Waals surface area contributed by atoms with Gasteiger partial charge in [-0.05, 0) is 25.3 Å². The lowest BCUT2D eigenvalue weighted by Crippen LogP contribution is -2.11. The smallest absolute Gasteiger partial charge is 0.148 e. The van der Waals surface area contributed by atoms with E-state index in [0.717, 1.165) is 11.2 Å². The Kier molecular flexibility index (Phi) is 3.44. The largest absolute Gasteiger partial charge is 0.363 e. The van der Waals surface area contributed by atoms with Crippen molar-refractivity contribution >= 4 is 17.6 Å². The van der Waals surface area contributed by atoms with E-state index in [1.54, 1.807) is 18.3 Å². The summed E-state index contributed by atoms with van der Waals surface area (Å²) in [5.41, 5.74) is 0. The van der Waals surface area contributed by atoms with Crippen LogP contribution >= 0.6 is 11.3 Å². The summed E-state index contributed by atoms with van der Waals surface area (Å²) in [6.45, 7) is 3.70. The number of rotatable bonds is 4. The predicted octanol–water partition coefficient (Wildman–Crippen LogP) is 2.41. The third-order valence-corrected chi connectivity index (χ3v) is 2.59. The first kappa shape index (κ1) is 9.42. The van der Waals surface area contributed by atoms with Crippen molar-refractivity contribution in [2.45, 2.75) is 26.1 Å². The van der Waals surface area contributed by atoms with E-state index in [1.807, 2.05) is 24.4 Å². The van der Waals surface area contributed by atoms with Crippen molar-refractivity contribution in [1.29, 1.82) is 0 Å². The van der Waals surface area contributed by atoms with Crippen molar-refractivity contribution in [2.24, 2.45) is 0 Å². The topological polar surface area (TPSA) is 26.3 Å². The molecule has 0 bridgehead atoms. The van der Waals surface area contributed by atoms with Gasteiger partial charge in [0.05, 0.1) is 6.10 Å². The molecule has 0 saturated carbocycles. The van der Waals surface area contributed by atoms with Gasteiger partial charge in [0.25, 0.3) is 0 Å². The molecule has 0 fully saturated rings. The lowest BCUT2D eigenvalue weighted by Gasteiger charge is -2.12. The van der Waals surface area contributed by atoms with Crippen LogP contribution in [0.5, 0.6) is 0 Å². The zero-order valence-electron chi connectivity index (χ0n) is 7.19. The number of thiophene rings is 1. The first-order valence-corrected chi connectivity index (χ1v) is 4.76. The highest BCUT2D eigenvalue weighted by Crippen LogP contribution is 2.22. The maximum Gasteiger partial charge on any atom is 0.148 e. The van der Waals surface area contributed by atoms with E-state index in [1.165, 1.54) is 0 Å². The summed E-state index contributed by atoms with van der Waals surface area (Å²) in [5, 5.41) is 2.00. The average molecular weight is 184 g/mol. The molecule has 2 unspecified atom stereocenters. The van der Waals surface area contributed by atoms with Crippen molar-refractivity contribution < 1.29 is 9.53 Å². The minimum atomic E-state index is -0.318. The molecule has 0 aromatic carbocycles. The Balaban J connectivity index is 2.49. The van der Waals surface area contributed by atoms with Gasteiger partial charge >= 0.3 is 0 Å². The molecule has 0 spiro atoms. The van der Waals surface area contributed by atoms with Crippen LogP contribution in [0.4, 0.5) is 0 Å². The first-order chi connectivity index (χ1) is 5.74. The van der Waals surface area contributed by atoms with Gasteiger partial charge in [0, 0.05) is 4.88 Å². The molecule has 1 aromatic heterocycles. The van der Waals surface area contributed by atoms with Crippen LogP contribution in [0.2, 0.25) is 0 Å². The van der Waals surface area contributed by atoms with Crippen LogP contribution in [0, 0.1) is 0 Å². The first-order valence-electron chi connectivity index (χ1n) is 3.88. The highest BCUT2D eigenvalue weighted by Gasteiger charge is 2.09. The molecule has 1 aromatic rings. The highest BCUT2D eigenvalue weighted by atomic mass is 32.1. The number of ether oxygens (including phenoxy) is 1. The van der Waals surface area contributed by atoms with Gasteiger partial charge in [0.1, 0.15) is 12.4 Å². The zero-order valence-corrected chi connectivity index (χ0v) is 8.01. The standard InChI is InChI=1S/C9H12O2S/c1-7(6-10)11-8(2)9-4-3-5-12-9/h3-8H,1-2H3. The summed E-state index contributed by atoms with van der Waals surface area (Å²) in [6, 6.07) is 3.98. The highest BCUT2D eigenvalue weighted by molar-refractivity contribution is 7.10. The Labute approximate surface area is 76.2 Å². The normalized spacial score (nSPS) is 15.5. The summed E-state index contributed by atoms with van der Waals surface area (Å²) in [4.78, 5) is 11.4. The molecular formula is C9H12O2S. The fraction of sp³-hybridized carbons (Fsp3) is 0.444. The number of hydrogen-bond acceptors (Lipinski definition) is 3. The van der Waals surface area contributed by atoms with Crippen LogP contribution in [0.1, 0.15) is 24.8 Å². The lowest BCUT2D eigenvalue weighted by molar-refractivity contribution is -0.120. The molecule has 1 rings (SSSR count). The molecule has 2 nitrogen and oxygen atoms in total. The summed E-state index contributed by atoms with van der Waals surface area (Å²) in [5.74, 6) is 0. The maximum atomic E-state index is 10.3. The predicted molar refractivity (Wildman–Crippen MR) is 49.3 cm³/mol. The summed E-state index contributed by atoms with van der Waals surface area (Å²) < 4.78 is 5.39. The molecular weight excluding hydrogens is 172 g/mol. The number of aldehydes is 1. The molecule has 0 aliphatic heterocycles.